The van der Waals surface area contributed by atoms with Gasteiger partial charge >= 0.3 is 5.97 Å². The zero-order valence-electron chi connectivity index (χ0n) is 10.2. The Morgan fingerprint density at radius 2 is 2.05 bits per heavy atom. The Kier molecular flexibility index (Phi) is 5.04. The molecule has 0 aliphatic rings. The predicted octanol–water partition coefficient (Wildman–Crippen LogP) is 0.640. The van der Waals surface area contributed by atoms with Gasteiger partial charge in [0.25, 0.3) is 0 Å². The molecule has 7 nitrogen and oxygen atoms in total. The Balaban J connectivity index is 2.76. The molecule has 0 spiro atoms. The molecule has 0 aromatic heterocycles. The summed E-state index contributed by atoms with van der Waals surface area (Å²) in [6, 6.07) is 7.71. The molecule has 98 valence electrons. The van der Waals surface area contributed by atoms with Crippen LogP contribution in [0.3, 0.4) is 0 Å². The number of primary amides is 1. The SMILES string of the molecule is CCOC(=O)/C(C#N)=N/Nc1ccc(C(N)=O)cc1. The van der Waals surface area contributed by atoms with Crippen molar-refractivity contribution in [2.75, 3.05) is 12.0 Å². The summed E-state index contributed by atoms with van der Waals surface area (Å²) in [6.45, 7) is 1.79. The molecule has 1 aromatic carbocycles. The van der Waals surface area contributed by atoms with Crippen molar-refractivity contribution in [1.82, 2.24) is 0 Å². The summed E-state index contributed by atoms with van der Waals surface area (Å²) < 4.78 is 4.64. The van der Waals surface area contributed by atoms with Crippen LogP contribution in [0.5, 0.6) is 0 Å². The van der Waals surface area contributed by atoms with E-state index < -0.39 is 11.9 Å². The average molecular weight is 260 g/mol. The molecule has 0 saturated carbocycles. The molecule has 0 fully saturated rings. The van der Waals surface area contributed by atoms with Crippen LogP contribution in [0.2, 0.25) is 0 Å². The number of rotatable bonds is 5. The van der Waals surface area contributed by atoms with E-state index in [1.54, 1.807) is 25.1 Å². The Morgan fingerprint density at radius 3 is 2.53 bits per heavy atom. The third kappa shape index (κ3) is 4.12. The zero-order chi connectivity index (χ0) is 14.3. The minimum absolute atomic E-state index is 0.160. The van der Waals surface area contributed by atoms with Gasteiger partial charge in [0.1, 0.15) is 6.07 Å². The van der Waals surface area contributed by atoms with E-state index in [1.165, 1.54) is 12.1 Å². The lowest BCUT2D eigenvalue weighted by molar-refractivity contribution is -0.134. The summed E-state index contributed by atoms with van der Waals surface area (Å²) in [5.74, 6) is -1.34. The molecule has 0 heterocycles. The van der Waals surface area contributed by atoms with E-state index in [0.717, 1.165) is 0 Å². The molecule has 0 unspecified atom stereocenters. The third-order valence-corrected chi connectivity index (χ3v) is 2.04. The zero-order valence-corrected chi connectivity index (χ0v) is 10.2. The van der Waals surface area contributed by atoms with E-state index in [0.29, 0.717) is 11.3 Å². The topological polar surface area (TPSA) is 118 Å². The molecule has 0 bridgehead atoms. The molecule has 0 aliphatic carbocycles. The lowest BCUT2D eigenvalue weighted by Gasteiger charge is -2.02. The highest BCUT2D eigenvalue weighted by Crippen LogP contribution is 2.09. The van der Waals surface area contributed by atoms with Crippen LogP contribution < -0.4 is 11.2 Å². The van der Waals surface area contributed by atoms with Crippen LogP contribution in [-0.4, -0.2) is 24.2 Å². The first-order valence-electron chi connectivity index (χ1n) is 5.39. The fraction of sp³-hybridized carbons (Fsp3) is 0.167. The largest absolute Gasteiger partial charge is 0.461 e. The van der Waals surface area contributed by atoms with Gasteiger partial charge in [-0.25, -0.2) is 4.79 Å². The quantitative estimate of drug-likeness (QED) is 0.457. The first-order chi connectivity index (χ1) is 9.08. The molecule has 0 atom stereocenters. The number of carbonyl (C=O) groups excluding carboxylic acids is 2. The van der Waals surface area contributed by atoms with Crippen molar-refractivity contribution in [3.05, 3.63) is 29.8 Å². The molecule has 1 amide bonds. The smallest absolute Gasteiger partial charge is 0.369 e. The summed E-state index contributed by atoms with van der Waals surface area (Å²) in [7, 11) is 0. The van der Waals surface area contributed by atoms with Crippen LogP contribution in [0.25, 0.3) is 0 Å². The number of nitriles is 1. The molecule has 0 aliphatic heterocycles. The van der Waals surface area contributed by atoms with Crippen molar-refractivity contribution in [2.24, 2.45) is 10.8 Å². The second-order valence-corrected chi connectivity index (χ2v) is 3.35. The number of nitrogens with zero attached hydrogens (tertiary/aromatic N) is 2. The summed E-state index contributed by atoms with van der Waals surface area (Å²) >= 11 is 0. The van der Waals surface area contributed by atoms with Gasteiger partial charge in [-0.15, -0.1) is 0 Å². The van der Waals surface area contributed by atoms with Crippen molar-refractivity contribution >= 4 is 23.3 Å². The highest BCUT2D eigenvalue weighted by molar-refractivity contribution is 6.43. The number of carbonyl (C=O) groups is 2. The van der Waals surface area contributed by atoms with Gasteiger partial charge in [0.15, 0.2) is 0 Å². The Hall–Kier alpha value is -2.88. The molecule has 3 N–H and O–H groups in total. The average Bonchev–Trinajstić information content (AvgIpc) is 2.40. The van der Waals surface area contributed by atoms with E-state index in [-0.39, 0.29) is 12.3 Å². The number of amides is 1. The van der Waals surface area contributed by atoms with Crippen LogP contribution in [-0.2, 0) is 9.53 Å². The van der Waals surface area contributed by atoms with Crippen LogP contribution in [0.1, 0.15) is 17.3 Å². The van der Waals surface area contributed by atoms with E-state index in [2.05, 4.69) is 15.3 Å². The molecule has 19 heavy (non-hydrogen) atoms. The number of hydrogen-bond acceptors (Lipinski definition) is 6. The van der Waals surface area contributed by atoms with Gasteiger partial charge in [-0.3, -0.25) is 10.2 Å². The van der Waals surface area contributed by atoms with Crippen LogP contribution >= 0.6 is 0 Å². The highest BCUT2D eigenvalue weighted by atomic mass is 16.5. The van der Waals surface area contributed by atoms with Crippen molar-refractivity contribution in [2.45, 2.75) is 6.92 Å². The summed E-state index contributed by atoms with van der Waals surface area (Å²) in [4.78, 5) is 22.1. The fourth-order valence-corrected chi connectivity index (χ4v) is 1.15. The maximum Gasteiger partial charge on any atom is 0.369 e. The summed E-state index contributed by atoms with van der Waals surface area (Å²) in [5, 5.41) is 12.4. The van der Waals surface area contributed by atoms with E-state index in [1.807, 2.05) is 0 Å². The monoisotopic (exact) mass is 260 g/mol. The molecular weight excluding hydrogens is 248 g/mol. The Morgan fingerprint density at radius 1 is 1.42 bits per heavy atom. The first kappa shape index (κ1) is 14.2. The summed E-state index contributed by atoms with van der Waals surface area (Å²) in [6.07, 6.45) is 0. The molecule has 1 aromatic rings. The normalized spacial score (nSPS) is 10.4. The van der Waals surface area contributed by atoms with Crippen LogP contribution in [0.15, 0.2) is 29.4 Å². The van der Waals surface area contributed by atoms with E-state index in [9.17, 15) is 9.59 Å². The first-order valence-corrected chi connectivity index (χ1v) is 5.39. The second kappa shape index (κ2) is 6.76. The number of nitrogens with one attached hydrogen (secondary N) is 1. The maximum absolute atomic E-state index is 11.3. The third-order valence-electron chi connectivity index (χ3n) is 2.04. The van der Waals surface area contributed by atoms with Gasteiger partial charge in [0.05, 0.1) is 12.3 Å². The lowest BCUT2D eigenvalue weighted by atomic mass is 10.2. The van der Waals surface area contributed by atoms with Crippen LogP contribution in [0, 0.1) is 11.3 Å². The lowest BCUT2D eigenvalue weighted by Crippen LogP contribution is -2.17. The van der Waals surface area contributed by atoms with Gasteiger partial charge in [-0.2, -0.15) is 10.4 Å². The van der Waals surface area contributed by atoms with Gasteiger partial charge in [-0.1, -0.05) is 0 Å². The Labute approximate surface area is 109 Å². The molecule has 0 saturated heterocycles. The minimum Gasteiger partial charge on any atom is -0.461 e. The number of hydrogen-bond donors (Lipinski definition) is 2. The number of ether oxygens (including phenoxy) is 1. The number of anilines is 1. The van der Waals surface area contributed by atoms with Crippen molar-refractivity contribution in [3.63, 3.8) is 0 Å². The standard InChI is InChI=1S/C12H12N4O3/c1-2-19-12(18)10(7-13)16-15-9-5-3-8(4-6-9)11(14)17/h3-6,15H,2H2,1H3,(H2,14,17)/b16-10+. The molecular formula is C12H12N4O3. The minimum atomic E-state index is -0.800. The van der Waals surface area contributed by atoms with Crippen molar-refractivity contribution < 1.29 is 14.3 Å². The fourth-order valence-electron chi connectivity index (χ4n) is 1.15. The van der Waals surface area contributed by atoms with Crippen LogP contribution in [0.4, 0.5) is 5.69 Å². The van der Waals surface area contributed by atoms with Gasteiger partial charge < -0.3 is 10.5 Å². The number of nitrogens with two attached hydrogens (primary N) is 1. The number of esters is 1. The van der Waals surface area contributed by atoms with Crippen molar-refractivity contribution in [3.8, 4) is 6.07 Å². The second-order valence-electron chi connectivity index (χ2n) is 3.35. The highest BCUT2D eigenvalue weighted by Gasteiger charge is 2.11. The van der Waals surface area contributed by atoms with Gasteiger partial charge in [0, 0.05) is 5.56 Å². The van der Waals surface area contributed by atoms with E-state index >= 15 is 0 Å². The molecule has 7 heteroatoms. The molecule has 0 radical (unpaired) electrons. The number of hydrazone groups is 1. The van der Waals surface area contributed by atoms with Gasteiger partial charge in [-0.05, 0) is 31.2 Å². The molecule has 1 rings (SSSR count). The predicted molar refractivity (Wildman–Crippen MR) is 68.3 cm³/mol. The van der Waals surface area contributed by atoms with E-state index in [4.69, 9.17) is 11.0 Å². The van der Waals surface area contributed by atoms with Crippen molar-refractivity contribution in [1.29, 1.82) is 5.26 Å². The maximum atomic E-state index is 11.3. The van der Waals surface area contributed by atoms with Gasteiger partial charge in [0.2, 0.25) is 11.6 Å². The summed E-state index contributed by atoms with van der Waals surface area (Å²) in [5.41, 5.74) is 8.06. The Bertz CT molecular complexity index is 543. The number of benzene rings is 1.